The maximum Gasteiger partial charge on any atom is 0.194 e. The molecule has 106 valence electrons. The summed E-state index contributed by atoms with van der Waals surface area (Å²) < 4.78 is 40.1. The number of rotatable bonds is 3. The summed E-state index contributed by atoms with van der Waals surface area (Å²) in [5.74, 6) is -3.82. The van der Waals surface area contributed by atoms with Crippen LogP contribution in [-0.2, 0) is 0 Å². The Bertz CT molecular complexity index is 468. The van der Waals surface area contributed by atoms with Crippen molar-refractivity contribution in [1.29, 1.82) is 0 Å². The predicted molar refractivity (Wildman–Crippen MR) is 68.1 cm³/mol. The van der Waals surface area contributed by atoms with Crippen LogP contribution in [0.1, 0.15) is 38.3 Å². The van der Waals surface area contributed by atoms with E-state index in [0.29, 0.717) is 0 Å². The van der Waals surface area contributed by atoms with Crippen molar-refractivity contribution < 1.29 is 13.2 Å². The summed E-state index contributed by atoms with van der Waals surface area (Å²) in [6.45, 7) is 5.60. The first-order valence-electron chi connectivity index (χ1n) is 6.49. The molecular weight excluding hydrogens is 253 g/mol. The third-order valence-corrected chi connectivity index (χ3v) is 4.08. The van der Waals surface area contributed by atoms with Gasteiger partial charge < -0.3 is 5.73 Å². The predicted octanol–water partition coefficient (Wildman–Crippen LogP) is 2.98. The van der Waals surface area contributed by atoms with E-state index in [4.69, 9.17) is 5.73 Å². The van der Waals surface area contributed by atoms with Gasteiger partial charge in [-0.3, -0.25) is 4.90 Å². The summed E-state index contributed by atoms with van der Waals surface area (Å²) in [7, 11) is 0. The summed E-state index contributed by atoms with van der Waals surface area (Å²) in [6.07, 6.45) is 2.16. The number of nitrogens with zero attached hydrogens (tertiary/aromatic N) is 1. The van der Waals surface area contributed by atoms with Crippen LogP contribution in [0, 0.1) is 17.5 Å². The number of halogens is 3. The molecule has 0 bridgehead atoms. The van der Waals surface area contributed by atoms with Crippen LogP contribution >= 0.6 is 0 Å². The smallest absolute Gasteiger partial charge is 0.194 e. The van der Waals surface area contributed by atoms with Gasteiger partial charge in [0.2, 0.25) is 0 Å². The lowest BCUT2D eigenvalue weighted by Crippen LogP contribution is -2.50. The molecule has 1 unspecified atom stereocenters. The first-order valence-corrected chi connectivity index (χ1v) is 6.49. The molecule has 0 aliphatic carbocycles. The zero-order valence-corrected chi connectivity index (χ0v) is 11.2. The molecule has 1 aromatic rings. The number of likely N-dealkylation sites (tertiary alicyclic amines) is 1. The van der Waals surface area contributed by atoms with E-state index in [2.05, 4.69) is 4.90 Å². The number of nitrogens with two attached hydrogens (primary N) is 1. The molecule has 0 spiro atoms. The Hall–Kier alpha value is -1.07. The Kier molecular flexibility index (Phi) is 3.87. The molecule has 1 heterocycles. The van der Waals surface area contributed by atoms with Gasteiger partial charge in [0.25, 0.3) is 0 Å². The average molecular weight is 272 g/mol. The van der Waals surface area contributed by atoms with Gasteiger partial charge in [-0.15, -0.1) is 0 Å². The molecule has 0 aromatic heterocycles. The summed E-state index contributed by atoms with van der Waals surface area (Å²) in [5.41, 5.74) is 5.63. The quantitative estimate of drug-likeness (QED) is 0.857. The summed E-state index contributed by atoms with van der Waals surface area (Å²) in [5, 5.41) is 0. The topological polar surface area (TPSA) is 29.3 Å². The minimum Gasteiger partial charge on any atom is -0.322 e. The van der Waals surface area contributed by atoms with Crippen LogP contribution in [0.25, 0.3) is 0 Å². The zero-order valence-electron chi connectivity index (χ0n) is 11.2. The fourth-order valence-corrected chi connectivity index (χ4v) is 2.65. The van der Waals surface area contributed by atoms with Gasteiger partial charge in [-0.05, 0) is 45.8 Å². The van der Waals surface area contributed by atoms with E-state index < -0.39 is 29.0 Å². The van der Waals surface area contributed by atoms with Gasteiger partial charge in [0, 0.05) is 11.1 Å². The van der Waals surface area contributed by atoms with Crippen molar-refractivity contribution in [2.75, 3.05) is 13.1 Å². The zero-order chi connectivity index (χ0) is 14.2. The molecule has 1 aliphatic heterocycles. The molecule has 0 saturated carbocycles. The molecule has 2 nitrogen and oxygen atoms in total. The summed E-state index contributed by atoms with van der Waals surface area (Å²) in [6, 6.07) is 1.45. The lowest BCUT2D eigenvalue weighted by atomic mass is 9.87. The van der Waals surface area contributed by atoms with Gasteiger partial charge in [0.1, 0.15) is 0 Å². The molecule has 0 amide bonds. The molecular formula is C14H19F3N2. The second-order valence-electron chi connectivity index (χ2n) is 5.59. The molecule has 1 saturated heterocycles. The molecule has 1 fully saturated rings. The Morgan fingerprint density at radius 3 is 2.26 bits per heavy atom. The molecule has 1 aliphatic rings. The average Bonchev–Trinajstić information content (AvgIpc) is 2.90. The van der Waals surface area contributed by atoms with Crippen molar-refractivity contribution in [3.63, 3.8) is 0 Å². The minimum atomic E-state index is -1.45. The normalized spacial score (nSPS) is 18.8. The van der Waals surface area contributed by atoms with E-state index >= 15 is 0 Å². The maximum absolute atomic E-state index is 13.8. The maximum atomic E-state index is 13.8. The van der Waals surface area contributed by atoms with Crippen molar-refractivity contribution in [1.82, 2.24) is 4.90 Å². The van der Waals surface area contributed by atoms with Crippen LogP contribution in [0.3, 0.4) is 0 Å². The van der Waals surface area contributed by atoms with Crippen LogP contribution in [0.2, 0.25) is 0 Å². The largest absolute Gasteiger partial charge is 0.322 e. The second kappa shape index (κ2) is 5.13. The lowest BCUT2D eigenvalue weighted by molar-refractivity contribution is 0.122. The third kappa shape index (κ3) is 2.49. The summed E-state index contributed by atoms with van der Waals surface area (Å²) >= 11 is 0. The minimum absolute atomic E-state index is 0.0239. The van der Waals surface area contributed by atoms with Crippen molar-refractivity contribution in [3.8, 4) is 0 Å². The molecule has 1 atom stereocenters. The Morgan fingerprint density at radius 1 is 1.11 bits per heavy atom. The van der Waals surface area contributed by atoms with E-state index in [1.54, 1.807) is 0 Å². The van der Waals surface area contributed by atoms with Crippen LogP contribution in [0.5, 0.6) is 0 Å². The molecule has 19 heavy (non-hydrogen) atoms. The fraction of sp³-hybridized carbons (Fsp3) is 0.571. The first kappa shape index (κ1) is 14.3. The van der Waals surface area contributed by atoms with E-state index in [1.165, 1.54) is 6.07 Å². The van der Waals surface area contributed by atoms with Crippen molar-refractivity contribution in [3.05, 3.63) is 35.1 Å². The number of benzene rings is 1. The van der Waals surface area contributed by atoms with Gasteiger partial charge in [-0.1, -0.05) is 6.07 Å². The molecule has 5 heteroatoms. The van der Waals surface area contributed by atoms with Crippen molar-refractivity contribution in [2.24, 2.45) is 5.73 Å². The van der Waals surface area contributed by atoms with Gasteiger partial charge >= 0.3 is 0 Å². The second-order valence-corrected chi connectivity index (χ2v) is 5.59. The van der Waals surface area contributed by atoms with Gasteiger partial charge in [-0.2, -0.15) is 0 Å². The highest BCUT2D eigenvalue weighted by atomic mass is 19.2. The van der Waals surface area contributed by atoms with Crippen molar-refractivity contribution in [2.45, 2.75) is 38.3 Å². The highest BCUT2D eigenvalue weighted by molar-refractivity contribution is 5.26. The molecule has 2 rings (SSSR count). The first-order chi connectivity index (χ1) is 8.85. The van der Waals surface area contributed by atoms with Crippen LogP contribution in [-0.4, -0.2) is 23.5 Å². The van der Waals surface area contributed by atoms with Crippen molar-refractivity contribution >= 4 is 0 Å². The number of hydrogen-bond acceptors (Lipinski definition) is 2. The Morgan fingerprint density at radius 2 is 1.68 bits per heavy atom. The molecule has 0 radical (unpaired) electrons. The molecule has 2 N–H and O–H groups in total. The van der Waals surface area contributed by atoms with Crippen LogP contribution in [0.4, 0.5) is 13.2 Å². The van der Waals surface area contributed by atoms with E-state index in [-0.39, 0.29) is 5.56 Å². The van der Waals surface area contributed by atoms with E-state index in [1.807, 2.05) is 13.8 Å². The third-order valence-electron chi connectivity index (χ3n) is 4.08. The highest BCUT2D eigenvalue weighted by Crippen LogP contribution is 2.33. The highest BCUT2D eigenvalue weighted by Gasteiger charge is 2.37. The standard InChI is InChI=1S/C14H19F3N2/c1-14(2,19-7-3-4-8-19)13(18)9-5-6-10(15)12(17)11(9)16/h5-6,13H,3-4,7-8,18H2,1-2H3. The fourth-order valence-electron chi connectivity index (χ4n) is 2.65. The lowest BCUT2D eigenvalue weighted by Gasteiger charge is -2.40. The van der Waals surface area contributed by atoms with Crippen LogP contribution < -0.4 is 5.73 Å². The number of hydrogen-bond donors (Lipinski definition) is 1. The summed E-state index contributed by atoms with van der Waals surface area (Å²) in [4.78, 5) is 2.17. The van der Waals surface area contributed by atoms with Gasteiger partial charge in [0.05, 0.1) is 6.04 Å². The van der Waals surface area contributed by atoms with Crippen LogP contribution in [0.15, 0.2) is 12.1 Å². The Balaban J connectivity index is 2.33. The van der Waals surface area contributed by atoms with Gasteiger partial charge in [-0.25, -0.2) is 13.2 Å². The molecule has 1 aromatic carbocycles. The van der Waals surface area contributed by atoms with E-state index in [9.17, 15) is 13.2 Å². The monoisotopic (exact) mass is 272 g/mol. The Labute approximate surface area is 111 Å². The SMILES string of the molecule is CC(C)(C(N)c1ccc(F)c(F)c1F)N1CCCC1. The van der Waals surface area contributed by atoms with Gasteiger partial charge in [0.15, 0.2) is 17.5 Å². The van der Waals surface area contributed by atoms with E-state index in [0.717, 1.165) is 32.0 Å².